The SMILES string of the molecule is Cc1[nH]n(-c2ccc(F)cc2)c(=O)c1C=Nc1sc2c(c1C#N)CCC2. The lowest BCUT2D eigenvalue weighted by Gasteiger charge is -2.00. The Morgan fingerprint density at radius 2 is 2.12 bits per heavy atom. The molecular formula is C19H15FN4OS. The predicted octanol–water partition coefficient (Wildman–Crippen LogP) is 3.79. The van der Waals surface area contributed by atoms with Gasteiger partial charge in [0.1, 0.15) is 16.9 Å². The molecule has 0 spiro atoms. The van der Waals surface area contributed by atoms with Crippen molar-refractivity contribution >= 4 is 22.6 Å². The second-order valence-corrected chi connectivity index (χ2v) is 7.26. The number of aromatic nitrogens is 2. The van der Waals surface area contributed by atoms with Gasteiger partial charge in [0.15, 0.2) is 0 Å². The van der Waals surface area contributed by atoms with Gasteiger partial charge in [0, 0.05) is 16.8 Å². The first-order chi connectivity index (χ1) is 12.6. The molecule has 0 saturated heterocycles. The molecule has 0 fully saturated rings. The molecule has 130 valence electrons. The number of halogens is 1. The molecule has 4 rings (SSSR count). The normalized spacial score (nSPS) is 13.3. The lowest BCUT2D eigenvalue weighted by atomic mass is 10.1. The van der Waals surface area contributed by atoms with Crippen molar-refractivity contribution in [3.05, 3.63) is 67.7 Å². The van der Waals surface area contributed by atoms with Crippen LogP contribution in [0.15, 0.2) is 34.1 Å². The van der Waals surface area contributed by atoms with E-state index in [0.717, 1.165) is 24.8 Å². The van der Waals surface area contributed by atoms with Gasteiger partial charge in [-0.15, -0.1) is 11.3 Å². The van der Waals surface area contributed by atoms with E-state index in [0.29, 0.717) is 27.5 Å². The molecule has 0 amide bonds. The molecule has 1 N–H and O–H groups in total. The highest BCUT2D eigenvalue weighted by molar-refractivity contribution is 7.16. The van der Waals surface area contributed by atoms with Gasteiger partial charge < -0.3 is 0 Å². The number of hydrogen-bond acceptors (Lipinski definition) is 4. The zero-order valence-corrected chi connectivity index (χ0v) is 14.9. The summed E-state index contributed by atoms with van der Waals surface area (Å²) in [6, 6.07) is 7.92. The van der Waals surface area contributed by atoms with Gasteiger partial charge in [-0.2, -0.15) is 5.26 Å². The van der Waals surface area contributed by atoms with Gasteiger partial charge in [-0.3, -0.25) is 9.89 Å². The summed E-state index contributed by atoms with van der Waals surface area (Å²) in [6.45, 7) is 1.78. The first kappa shape index (κ1) is 16.5. The second kappa shape index (κ2) is 6.39. The van der Waals surface area contributed by atoms with Crippen molar-refractivity contribution in [3.63, 3.8) is 0 Å². The number of aromatic amines is 1. The third-order valence-corrected chi connectivity index (χ3v) is 5.73. The quantitative estimate of drug-likeness (QED) is 0.716. The number of H-pyrrole nitrogens is 1. The molecule has 3 aromatic rings. The van der Waals surface area contributed by atoms with Gasteiger partial charge in [-0.1, -0.05) is 0 Å². The number of rotatable bonds is 3. The Hall–Kier alpha value is -2.98. The standard InChI is InChI=1S/C19H15FN4OS/c1-11-16(19(25)24(23-11)13-7-5-12(20)6-8-13)10-22-18-15(9-21)14-3-2-4-17(14)26-18/h5-8,10,23H,2-4H2,1H3. The Morgan fingerprint density at radius 1 is 1.35 bits per heavy atom. The fraction of sp³-hybridized carbons (Fsp3) is 0.211. The first-order valence-corrected chi connectivity index (χ1v) is 9.06. The van der Waals surface area contributed by atoms with E-state index in [2.05, 4.69) is 16.2 Å². The maximum Gasteiger partial charge on any atom is 0.280 e. The molecule has 7 heteroatoms. The van der Waals surface area contributed by atoms with Crippen LogP contribution >= 0.6 is 11.3 Å². The monoisotopic (exact) mass is 366 g/mol. The number of nitriles is 1. The lowest BCUT2D eigenvalue weighted by Crippen LogP contribution is -2.17. The summed E-state index contributed by atoms with van der Waals surface area (Å²) in [4.78, 5) is 18.3. The van der Waals surface area contributed by atoms with Crippen molar-refractivity contribution in [1.82, 2.24) is 9.78 Å². The highest BCUT2D eigenvalue weighted by Gasteiger charge is 2.21. The number of nitrogens with zero attached hydrogens (tertiary/aromatic N) is 3. The van der Waals surface area contributed by atoms with Crippen LogP contribution < -0.4 is 5.56 Å². The predicted molar refractivity (Wildman–Crippen MR) is 99.4 cm³/mol. The number of thiophene rings is 1. The topological polar surface area (TPSA) is 73.9 Å². The van der Waals surface area contributed by atoms with Crippen LogP contribution in [0.25, 0.3) is 5.69 Å². The Morgan fingerprint density at radius 3 is 2.85 bits per heavy atom. The summed E-state index contributed by atoms with van der Waals surface area (Å²) < 4.78 is 14.4. The van der Waals surface area contributed by atoms with E-state index >= 15 is 0 Å². The third kappa shape index (κ3) is 2.68. The molecule has 0 saturated carbocycles. The zero-order chi connectivity index (χ0) is 18.3. The number of aliphatic imine (C=N–C) groups is 1. The van der Waals surface area contributed by atoms with E-state index in [1.54, 1.807) is 6.92 Å². The summed E-state index contributed by atoms with van der Waals surface area (Å²) in [6.07, 6.45) is 4.50. The van der Waals surface area contributed by atoms with Crippen molar-refractivity contribution in [1.29, 1.82) is 5.26 Å². The van der Waals surface area contributed by atoms with E-state index in [4.69, 9.17) is 0 Å². The second-order valence-electron chi connectivity index (χ2n) is 6.17. The van der Waals surface area contributed by atoms with Crippen LogP contribution in [0.1, 0.15) is 33.7 Å². The van der Waals surface area contributed by atoms with Crippen LogP contribution in [0.4, 0.5) is 9.39 Å². The smallest absolute Gasteiger partial charge is 0.280 e. The molecule has 5 nitrogen and oxygen atoms in total. The fourth-order valence-corrected chi connectivity index (χ4v) is 4.39. The first-order valence-electron chi connectivity index (χ1n) is 8.24. The molecule has 2 heterocycles. The van der Waals surface area contributed by atoms with Crippen molar-refractivity contribution in [2.24, 2.45) is 4.99 Å². The van der Waals surface area contributed by atoms with Crippen molar-refractivity contribution in [2.75, 3.05) is 0 Å². The molecule has 1 aliphatic rings. The number of aryl methyl sites for hydroxylation is 2. The molecule has 0 radical (unpaired) electrons. The average Bonchev–Trinajstić information content (AvgIpc) is 3.28. The Kier molecular flexibility index (Phi) is 4.05. The molecule has 0 bridgehead atoms. The van der Waals surface area contributed by atoms with E-state index in [9.17, 15) is 14.4 Å². The Labute approximate surface area is 153 Å². The molecule has 2 aromatic heterocycles. The van der Waals surface area contributed by atoms with Gasteiger partial charge >= 0.3 is 0 Å². The fourth-order valence-electron chi connectivity index (χ4n) is 3.20. The van der Waals surface area contributed by atoms with Crippen molar-refractivity contribution < 1.29 is 4.39 Å². The third-order valence-electron chi connectivity index (χ3n) is 4.53. The van der Waals surface area contributed by atoms with Crippen LogP contribution in [0, 0.1) is 24.1 Å². The maximum atomic E-state index is 13.1. The van der Waals surface area contributed by atoms with Crippen LogP contribution in [-0.4, -0.2) is 16.0 Å². The minimum absolute atomic E-state index is 0.263. The van der Waals surface area contributed by atoms with Crippen molar-refractivity contribution in [2.45, 2.75) is 26.2 Å². The minimum Gasteiger partial charge on any atom is -0.295 e. The van der Waals surface area contributed by atoms with E-state index in [-0.39, 0.29) is 11.4 Å². The summed E-state index contributed by atoms with van der Waals surface area (Å²) in [5.41, 5.74) is 3.11. The molecule has 1 aliphatic carbocycles. The Bertz CT molecular complexity index is 1110. The Balaban J connectivity index is 1.72. The van der Waals surface area contributed by atoms with Crippen LogP contribution in [0.2, 0.25) is 0 Å². The molecule has 0 aliphatic heterocycles. The van der Waals surface area contributed by atoms with Crippen LogP contribution in [-0.2, 0) is 12.8 Å². The highest BCUT2D eigenvalue weighted by Crippen LogP contribution is 2.40. The number of nitrogens with one attached hydrogen (secondary N) is 1. The molecule has 26 heavy (non-hydrogen) atoms. The summed E-state index contributed by atoms with van der Waals surface area (Å²) in [7, 11) is 0. The van der Waals surface area contributed by atoms with E-state index in [1.807, 2.05) is 0 Å². The van der Waals surface area contributed by atoms with Crippen molar-refractivity contribution in [3.8, 4) is 11.8 Å². The molecule has 0 unspecified atom stereocenters. The van der Waals surface area contributed by atoms with Gasteiger partial charge in [-0.25, -0.2) is 14.1 Å². The number of hydrogen-bond donors (Lipinski definition) is 1. The van der Waals surface area contributed by atoms with Gasteiger partial charge in [0.05, 0.1) is 16.8 Å². The highest BCUT2D eigenvalue weighted by atomic mass is 32.1. The zero-order valence-electron chi connectivity index (χ0n) is 14.0. The summed E-state index contributed by atoms with van der Waals surface area (Å²) in [5, 5.41) is 13.1. The van der Waals surface area contributed by atoms with Gasteiger partial charge in [-0.05, 0) is 56.0 Å². The lowest BCUT2D eigenvalue weighted by molar-refractivity contribution is 0.627. The number of fused-ring (bicyclic) bond motifs is 1. The van der Waals surface area contributed by atoms with E-state index < -0.39 is 0 Å². The largest absolute Gasteiger partial charge is 0.295 e. The summed E-state index contributed by atoms with van der Waals surface area (Å²) >= 11 is 1.53. The van der Waals surface area contributed by atoms with Gasteiger partial charge in [0.2, 0.25) is 0 Å². The van der Waals surface area contributed by atoms with E-state index in [1.165, 1.54) is 51.4 Å². The average molecular weight is 366 g/mol. The molecular weight excluding hydrogens is 351 g/mol. The minimum atomic E-state index is -0.360. The van der Waals surface area contributed by atoms with Gasteiger partial charge in [0.25, 0.3) is 5.56 Å². The maximum absolute atomic E-state index is 13.1. The summed E-state index contributed by atoms with van der Waals surface area (Å²) in [5.74, 6) is -0.360. The molecule has 1 aromatic carbocycles. The number of benzene rings is 1. The van der Waals surface area contributed by atoms with Crippen LogP contribution in [0.3, 0.4) is 0 Å². The van der Waals surface area contributed by atoms with Crippen LogP contribution in [0.5, 0.6) is 0 Å². The molecule has 0 atom stereocenters.